The van der Waals surface area contributed by atoms with Crippen LogP contribution in [0.4, 0.5) is 5.69 Å². The van der Waals surface area contributed by atoms with Gasteiger partial charge in [-0.2, -0.15) is 25.3 Å². The average molecular weight is 674 g/mol. The van der Waals surface area contributed by atoms with Crippen LogP contribution < -0.4 is 19.7 Å². The lowest BCUT2D eigenvalue weighted by Gasteiger charge is -2.17. The Labute approximate surface area is 238 Å². The summed E-state index contributed by atoms with van der Waals surface area (Å²) in [4.78, 5) is 28.2. The summed E-state index contributed by atoms with van der Waals surface area (Å²) in [6, 6.07) is 6.71. The molecule has 3 N–H and O–H groups in total. The normalized spacial score (nSPS) is 19.5. The summed E-state index contributed by atoms with van der Waals surface area (Å²) in [6.07, 6.45) is 2.59. The molecule has 0 radical (unpaired) electrons. The number of allylic oxidation sites excluding steroid dienone is 1. The number of thiocarbonyl (C=S) groups is 1. The van der Waals surface area contributed by atoms with Crippen LogP contribution in [0.2, 0.25) is 0 Å². The van der Waals surface area contributed by atoms with E-state index in [1.54, 1.807) is 24.3 Å². The maximum atomic E-state index is 13.1. The highest BCUT2D eigenvalue weighted by Gasteiger charge is 2.37. The Morgan fingerprint density at radius 2 is 1.41 bits per heavy atom. The van der Waals surface area contributed by atoms with Crippen LogP contribution in [0.5, 0.6) is 0 Å². The number of carbonyl (C=O) groups is 1. The molecule has 0 bridgehead atoms. The molecule has 3 heterocycles. The Hall–Kier alpha value is -2.08. The number of carbonyl (C=O) groups excluding carboxylic acids is 1. The summed E-state index contributed by atoms with van der Waals surface area (Å²) >= 11 is 7.33. The first-order chi connectivity index (χ1) is 17.9. The van der Waals surface area contributed by atoms with Crippen molar-refractivity contribution in [3.05, 3.63) is 54.9 Å². The molecule has 14 nitrogen and oxygen atoms in total. The number of anilines is 1. The zero-order valence-corrected chi connectivity index (χ0v) is 24.6. The number of hydrogen-bond acceptors (Lipinski definition) is 13. The van der Waals surface area contributed by atoms with Crippen molar-refractivity contribution in [2.75, 3.05) is 16.7 Å². The number of benzene rings is 1. The number of thioether (sulfide) groups is 2. The van der Waals surface area contributed by atoms with E-state index < -0.39 is 59.5 Å². The number of hydrogen-bond donors (Lipinski definition) is 3. The van der Waals surface area contributed by atoms with Crippen LogP contribution in [0, 0.1) is 0 Å². The Kier molecular flexibility index (Phi) is 8.22. The molecule has 1 aromatic carbocycles. The van der Waals surface area contributed by atoms with Crippen LogP contribution in [-0.4, -0.2) is 70.4 Å². The second-order valence-electron chi connectivity index (χ2n) is 7.74. The summed E-state index contributed by atoms with van der Waals surface area (Å²) < 4.78 is 96.9. The van der Waals surface area contributed by atoms with Gasteiger partial charge in [0.25, 0.3) is 41.8 Å². The Morgan fingerprint density at radius 3 is 2.03 bits per heavy atom. The molecule has 1 amide bonds. The van der Waals surface area contributed by atoms with Gasteiger partial charge in [0.1, 0.15) is 13.9 Å². The number of fused-ring (bicyclic) bond motifs is 1. The number of nitrogens with zero attached hydrogens (tertiary/aromatic N) is 3. The summed E-state index contributed by atoms with van der Waals surface area (Å²) in [6.45, 7) is 0. The van der Waals surface area contributed by atoms with Gasteiger partial charge < -0.3 is 4.90 Å². The molecule has 4 rings (SSSR count). The SMILES string of the molecule is O=C1/C(=c2/s/c(=C\C=C3\Sc4ccccc4N3CS(=O)(=O)O)c(=O)n2CS(=O)(=O)O)SC(=S)N1CS(=O)(=O)O. The maximum Gasteiger partial charge on any atom is 0.283 e. The fraction of sp³-hybridized carbons (Fsp3) is 0.167. The molecular weight excluding hydrogens is 659 g/mol. The Bertz CT molecular complexity index is 1940. The molecule has 0 unspecified atom stereocenters. The van der Waals surface area contributed by atoms with Crippen molar-refractivity contribution in [3.63, 3.8) is 0 Å². The van der Waals surface area contributed by atoms with E-state index in [1.807, 2.05) is 0 Å². The van der Waals surface area contributed by atoms with Gasteiger partial charge in [0.15, 0.2) is 17.6 Å². The first-order valence-electron chi connectivity index (χ1n) is 10.0. The predicted octanol–water partition coefficient (Wildman–Crippen LogP) is -0.352. The molecule has 39 heavy (non-hydrogen) atoms. The van der Waals surface area contributed by atoms with Crippen LogP contribution in [0.25, 0.3) is 11.0 Å². The summed E-state index contributed by atoms with van der Waals surface area (Å²) in [7, 11) is -13.9. The van der Waals surface area contributed by atoms with Gasteiger partial charge in [0.2, 0.25) is 0 Å². The first-order valence-corrected chi connectivity index (χ1v) is 17.7. The van der Waals surface area contributed by atoms with Gasteiger partial charge in [-0.25, -0.2) is 0 Å². The highest BCUT2D eigenvalue weighted by Crippen LogP contribution is 2.45. The first kappa shape index (κ1) is 29.9. The van der Waals surface area contributed by atoms with Crippen molar-refractivity contribution in [3.8, 4) is 0 Å². The molecule has 2 aromatic rings. The number of para-hydroxylation sites is 1. The van der Waals surface area contributed by atoms with Crippen LogP contribution in [0.15, 0.2) is 45.1 Å². The van der Waals surface area contributed by atoms with Gasteiger partial charge in [-0.05, 0) is 24.3 Å². The fourth-order valence-electron chi connectivity index (χ4n) is 3.40. The molecular formula is C18H15N3O11S7. The predicted molar refractivity (Wildman–Crippen MR) is 150 cm³/mol. The van der Waals surface area contributed by atoms with E-state index in [9.17, 15) is 43.9 Å². The number of rotatable bonds is 7. The van der Waals surface area contributed by atoms with E-state index in [4.69, 9.17) is 16.8 Å². The topological polar surface area (TPSA) is 209 Å². The fourth-order valence-corrected chi connectivity index (χ4v) is 9.00. The molecule has 0 aliphatic carbocycles. The zero-order chi connectivity index (χ0) is 28.9. The number of thiazole rings is 1. The molecule has 21 heteroatoms. The maximum absolute atomic E-state index is 13.1. The van der Waals surface area contributed by atoms with Crippen LogP contribution in [0.3, 0.4) is 0 Å². The third-order valence-electron chi connectivity index (χ3n) is 4.84. The van der Waals surface area contributed by atoms with Gasteiger partial charge in [0.05, 0.1) is 15.2 Å². The van der Waals surface area contributed by atoms with Crippen molar-refractivity contribution in [2.45, 2.75) is 10.8 Å². The molecule has 0 saturated carbocycles. The smallest absolute Gasteiger partial charge is 0.283 e. The van der Waals surface area contributed by atoms with E-state index in [0.717, 1.165) is 11.8 Å². The minimum atomic E-state index is -4.79. The Balaban J connectivity index is 1.88. The van der Waals surface area contributed by atoms with Crippen molar-refractivity contribution in [2.24, 2.45) is 0 Å². The van der Waals surface area contributed by atoms with Gasteiger partial charge in [-0.15, -0.1) is 11.3 Å². The molecule has 0 atom stereocenters. The minimum absolute atomic E-state index is 0.135. The quantitative estimate of drug-likeness (QED) is 0.253. The largest absolute Gasteiger partial charge is 0.317 e. The van der Waals surface area contributed by atoms with Crippen molar-refractivity contribution >= 4 is 104 Å². The van der Waals surface area contributed by atoms with Gasteiger partial charge in [0, 0.05) is 4.90 Å². The minimum Gasteiger partial charge on any atom is -0.317 e. The molecule has 210 valence electrons. The number of aromatic nitrogens is 1. The average Bonchev–Trinajstić information content (AvgIpc) is 3.37. The van der Waals surface area contributed by atoms with Crippen molar-refractivity contribution in [1.29, 1.82) is 0 Å². The molecule has 2 aliphatic rings. The summed E-state index contributed by atoms with van der Waals surface area (Å²) in [5.74, 6) is -4.20. The Morgan fingerprint density at radius 1 is 0.821 bits per heavy atom. The lowest BCUT2D eigenvalue weighted by atomic mass is 10.3. The lowest BCUT2D eigenvalue weighted by Crippen LogP contribution is -2.36. The van der Waals surface area contributed by atoms with Crippen LogP contribution in [-0.2, 0) is 41.0 Å². The van der Waals surface area contributed by atoms with E-state index in [-0.39, 0.29) is 18.4 Å². The van der Waals surface area contributed by atoms with E-state index in [0.29, 0.717) is 48.2 Å². The molecule has 1 saturated heterocycles. The van der Waals surface area contributed by atoms with E-state index >= 15 is 0 Å². The molecule has 1 fully saturated rings. The highest BCUT2D eigenvalue weighted by molar-refractivity contribution is 8.30. The van der Waals surface area contributed by atoms with E-state index in [1.165, 1.54) is 17.1 Å². The van der Waals surface area contributed by atoms with Crippen molar-refractivity contribution in [1.82, 2.24) is 9.47 Å². The molecule has 0 spiro atoms. The van der Waals surface area contributed by atoms with Gasteiger partial charge >= 0.3 is 0 Å². The van der Waals surface area contributed by atoms with Gasteiger partial charge in [-0.3, -0.25) is 32.7 Å². The summed E-state index contributed by atoms with van der Waals surface area (Å²) in [5.41, 5.74) is -0.460. The summed E-state index contributed by atoms with van der Waals surface area (Å²) in [5, 5.41) is 0.295. The van der Waals surface area contributed by atoms with Crippen LogP contribution in [0.1, 0.15) is 0 Å². The molecule has 1 aromatic heterocycles. The standard InChI is InChI=1S/C18H15N3O11S7/c22-15-12(5-6-13-19(7-37(24,25)26)10-3-1-2-4-11(10)34-13)35-17(20(15)8-38(27,28)29)14-16(23)21(18(33)36-14)9-39(30,31)32/h1-6H,7-9H2,(H,24,25,26)(H,27,28,29)(H,30,31,32)/b12-5-,13-6+,17-14-. The second kappa shape index (κ2) is 10.7. The monoisotopic (exact) mass is 673 g/mol. The van der Waals surface area contributed by atoms with Crippen molar-refractivity contribution < 1.29 is 43.7 Å². The van der Waals surface area contributed by atoms with Gasteiger partial charge in [-0.1, -0.05) is 47.9 Å². The van der Waals surface area contributed by atoms with E-state index in [2.05, 4.69) is 0 Å². The third-order valence-corrected chi connectivity index (χ3v) is 10.4. The van der Waals surface area contributed by atoms with Crippen LogP contribution >= 0.6 is 47.1 Å². The second-order valence-corrected chi connectivity index (χ2v) is 15.7. The third kappa shape index (κ3) is 6.99. The molecule has 2 aliphatic heterocycles. The highest BCUT2D eigenvalue weighted by atomic mass is 32.2. The number of amides is 1. The zero-order valence-electron chi connectivity index (χ0n) is 18.9. The lowest BCUT2D eigenvalue weighted by molar-refractivity contribution is -0.120.